The Labute approximate surface area is 177 Å². The summed E-state index contributed by atoms with van der Waals surface area (Å²) in [5, 5.41) is 17.9. The van der Waals surface area contributed by atoms with Crippen molar-refractivity contribution in [2.75, 3.05) is 0 Å². The van der Waals surface area contributed by atoms with Crippen LogP contribution in [0.5, 0.6) is 0 Å². The van der Waals surface area contributed by atoms with Gasteiger partial charge in [-0.25, -0.2) is 9.50 Å². The zero-order chi connectivity index (χ0) is 18.5. The van der Waals surface area contributed by atoms with Crippen LogP contribution in [0.3, 0.4) is 0 Å². The van der Waals surface area contributed by atoms with Crippen molar-refractivity contribution in [2.45, 2.75) is 0 Å². The van der Waals surface area contributed by atoms with Crippen molar-refractivity contribution >= 4 is 61.5 Å². The number of non-ortho nitro benzene ring substituents is 1. The lowest BCUT2D eigenvalue weighted by molar-refractivity contribution is -0.384. The molecule has 0 bridgehead atoms. The van der Waals surface area contributed by atoms with Crippen molar-refractivity contribution < 1.29 is 4.92 Å². The van der Waals surface area contributed by atoms with E-state index >= 15 is 0 Å². The Balaban J connectivity index is 0.00000192. The minimum absolute atomic E-state index is 0. The smallest absolute Gasteiger partial charge is 0.269 e. The summed E-state index contributed by atoms with van der Waals surface area (Å²) in [5.41, 5.74) is 3.54. The number of imidazole rings is 1. The third-order valence-electron chi connectivity index (χ3n) is 4.29. The van der Waals surface area contributed by atoms with Gasteiger partial charge in [0, 0.05) is 45.4 Å². The van der Waals surface area contributed by atoms with Gasteiger partial charge in [-0.1, -0.05) is 22.9 Å². The van der Waals surface area contributed by atoms with Crippen LogP contribution in [0.4, 0.5) is 5.69 Å². The SMILES string of the molecule is Br.O=[N+]([O-])c1ccc(-c2cn3nc(-c4c[nH]c5ccc(Cl)cc45)sc3n2)cc1. The van der Waals surface area contributed by atoms with E-state index in [1.54, 1.807) is 16.6 Å². The Hall–Kier alpha value is -2.75. The van der Waals surface area contributed by atoms with E-state index in [0.717, 1.165) is 37.7 Å². The average Bonchev–Trinajstić information content (AvgIpc) is 3.33. The number of fused-ring (bicyclic) bond motifs is 2. The molecule has 0 saturated carbocycles. The molecule has 0 aliphatic rings. The molecular formula is C18H11BrClN5O2S. The molecule has 5 aromatic rings. The van der Waals surface area contributed by atoms with E-state index in [-0.39, 0.29) is 22.7 Å². The first-order valence-corrected chi connectivity index (χ1v) is 9.16. The van der Waals surface area contributed by atoms with Crippen LogP contribution in [0, 0.1) is 10.1 Å². The minimum Gasteiger partial charge on any atom is -0.360 e. The van der Waals surface area contributed by atoms with Crippen LogP contribution in [0.1, 0.15) is 0 Å². The van der Waals surface area contributed by atoms with Crippen molar-refractivity contribution in [1.82, 2.24) is 19.6 Å². The third-order valence-corrected chi connectivity index (χ3v) is 5.48. The standard InChI is InChI=1S/C18H10ClN5O2S.BrH/c19-11-3-6-15-13(7-11)14(8-20-15)17-22-23-9-16(21-18(23)27-17)10-1-4-12(5-2-10)24(25)26;/h1-9,20H;1H. The summed E-state index contributed by atoms with van der Waals surface area (Å²) in [6.45, 7) is 0. The van der Waals surface area contributed by atoms with Crippen molar-refractivity contribution in [3.05, 3.63) is 70.0 Å². The van der Waals surface area contributed by atoms with Crippen molar-refractivity contribution in [1.29, 1.82) is 0 Å². The molecule has 0 fully saturated rings. The molecule has 0 aliphatic heterocycles. The number of nitrogens with one attached hydrogen (secondary N) is 1. The molecule has 0 unspecified atom stereocenters. The van der Waals surface area contributed by atoms with Gasteiger partial charge in [-0.15, -0.1) is 17.0 Å². The Morgan fingerprint density at radius 2 is 1.96 bits per heavy atom. The number of hydrogen-bond donors (Lipinski definition) is 1. The Morgan fingerprint density at radius 3 is 2.68 bits per heavy atom. The Bertz CT molecular complexity index is 1290. The van der Waals surface area contributed by atoms with E-state index in [1.807, 2.05) is 30.6 Å². The van der Waals surface area contributed by atoms with E-state index in [1.165, 1.54) is 23.5 Å². The number of aromatic nitrogens is 4. The number of rotatable bonds is 3. The highest BCUT2D eigenvalue weighted by Crippen LogP contribution is 2.34. The van der Waals surface area contributed by atoms with Crippen LogP contribution in [-0.2, 0) is 0 Å². The predicted molar refractivity (Wildman–Crippen MR) is 116 cm³/mol. The second-order valence-electron chi connectivity index (χ2n) is 5.96. The molecule has 0 radical (unpaired) electrons. The number of halogens is 2. The van der Waals surface area contributed by atoms with Gasteiger partial charge in [0.1, 0.15) is 5.01 Å². The molecule has 28 heavy (non-hydrogen) atoms. The molecule has 140 valence electrons. The van der Waals surface area contributed by atoms with Crippen LogP contribution >= 0.6 is 39.9 Å². The predicted octanol–water partition coefficient (Wildman–Crippen LogP) is 5.75. The normalized spacial score (nSPS) is 11.0. The maximum Gasteiger partial charge on any atom is 0.269 e. The Morgan fingerprint density at radius 1 is 1.18 bits per heavy atom. The van der Waals surface area contributed by atoms with E-state index < -0.39 is 4.92 Å². The summed E-state index contributed by atoms with van der Waals surface area (Å²) in [6, 6.07) is 12.0. The quantitative estimate of drug-likeness (QED) is 0.265. The number of nitrogens with zero attached hydrogens (tertiary/aromatic N) is 4. The number of nitro benzene ring substituents is 1. The van der Waals surface area contributed by atoms with Gasteiger partial charge in [0.2, 0.25) is 4.96 Å². The molecule has 3 aromatic heterocycles. The fourth-order valence-corrected chi connectivity index (χ4v) is 4.06. The number of benzene rings is 2. The van der Waals surface area contributed by atoms with Gasteiger partial charge in [-0.05, 0) is 30.3 Å². The fraction of sp³-hybridized carbons (Fsp3) is 0. The first-order chi connectivity index (χ1) is 13.1. The first kappa shape index (κ1) is 18.6. The number of nitro groups is 1. The highest BCUT2D eigenvalue weighted by molar-refractivity contribution is 8.93. The second kappa shape index (κ2) is 7.01. The monoisotopic (exact) mass is 475 g/mol. The number of H-pyrrole nitrogens is 1. The molecule has 2 aromatic carbocycles. The van der Waals surface area contributed by atoms with Gasteiger partial charge < -0.3 is 4.98 Å². The molecule has 0 aliphatic carbocycles. The lowest BCUT2D eigenvalue weighted by Gasteiger charge is -1.96. The van der Waals surface area contributed by atoms with Crippen molar-refractivity contribution in [2.24, 2.45) is 0 Å². The van der Waals surface area contributed by atoms with Crippen LogP contribution in [0.25, 0.3) is 37.7 Å². The topological polar surface area (TPSA) is 89.1 Å². The average molecular weight is 477 g/mol. The third kappa shape index (κ3) is 3.07. The van der Waals surface area contributed by atoms with Gasteiger partial charge in [0.25, 0.3) is 5.69 Å². The van der Waals surface area contributed by atoms with Gasteiger partial charge in [-0.2, -0.15) is 5.10 Å². The molecular weight excluding hydrogens is 466 g/mol. The zero-order valence-electron chi connectivity index (χ0n) is 14.0. The van der Waals surface area contributed by atoms with E-state index in [9.17, 15) is 10.1 Å². The summed E-state index contributed by atoms with van der Waals surface area (Å²) in [4.78, 5) is 18.9. The molecule has 0 saturated heterocycles. The van der Waals surface area contributed by atoms with Crippen LogP contribution in [-0.4, -0.2) is 24.5 Å². The van der Waals surface area contributed by atoms with Crippen LogP contribution in [0.2, 0.25) is 5.02 Å². The summed E-state index contributed by atoms with van der Waals surface area (Å²) < 4.78 is 1.72. The van der Waals surface area contributed by atoms with E-state index in [4.69, 9.17) is 11.6 Å². The van der Waals surface area contributed by atoms with Crippen molar-refractivity contribution in [3.8, 4) is 21.8 Å². The highest BCUT2D eigenvalue weighted by Gasteiger charge is 2.15. The second-order valence-corrected chi connectivity index (χ2v) is 7.35. The molecule has 7 nitrogen and oxygen atoms in total. The molecule has 1 N–H and O–H groups in total. The molecule has 3 heterocycles. The lowest BCUT2D eigenvalue weighted by Crippen LogP contribution is -1.87. The maximum absolute atomic E-state index is 10.8. The maximum atomic E-state index is 10.8. The first-order valence-electron chi connectivity index (χ1n) is 7.96. The van der Waals surface area contributed by atoms with Crippen LogP contribution in [0.15, 0.2) is 54.9 Å². The largest absolute Gasteiger partial charge is 0.360 e. The van der Waals surface area contributed by atoms with Crippen molar-refractivity contribution in [3.63, 3.8) is 0 Å². The number of aromatic amines is 1. The van der Waals surface area contributed by atoms with Gasteiger partial charge in [0.05, 0.1) is 16.8 Å². The van der Waals surface area contributed by atoms with Crippen LogP contribution < -0.4 is 0 Å². The molecule has 0 amide bonds. The van der Waals surface area contributed by atoms with Gasteiger partial charge >= 0.3 is 0 Å². The van der Waals surface area contributed by atoms with Gasteiger partial charge in [0.15, 0.2) is 0 Å². The summed E-state index contributed by atoms with van der Waals surface area (Å²) in [5.74, 6) is 0. The minimum atomic E-state index is -0.420. The molecule has 0 atom stereocenters. The Kier molecular flexibility index (Phi) is 4.66. The summed E-state index contributed by atoms with van der Waals surface area (Å²) >= 11 is 7.59. The van der Waals surface area contributed by atoms with E-state index in [2.05, 4.69) is 15.1 Å². The zero-order valence-corrected chi connectivity index (χ0v) is 17.3. The molecule has 0 spiro atoms. The van der Waals surface area contributed by atoms with Gasteiger partial charge in [-0.3, -0.25) is 10.1 Å². The summed E-state index contributed by atoms with van der Waals surface area (Å²) in [6.07, 6.45) is 3.73. The van der Waals surface area contributed by atoms with E-state index in [0.29, 0.717) is 5.02 Å². The fourth-order valence-electron chi connectivity index (χ4n) is 2.97. The summed E-state index contributed by atoms with van der Waals surface area (Å²) in [7, 11) is 0. The molecule has 10 heteroatoms. The lowest BCUT2D eigenvalue weighted by atomic mass is 10.1. The number of hydrogen-bond acceptors (Lipinski definition) is 5. The molecule has 5 rings (SSSR count). The highest BCUT2D eigenvalue weighted by atomic mass is 79.9.